The molecule has 0 aliphatic rings. The molecule has 1 rings (SSSR count). The predicted molar refractivity (Wildman–Crippen MR) is 69.6 cm³/mol. The molecule has 0 atom stereocenters. The van der Waals surface area contributed by atoms with Crippen LogP contribution in [0.3, 0.4) is 0 Å². The summed E-state index contributed by atoms with van der Waals surface area (Å²) in [6.07, 6.45) is 0.113. The number of ether oxygens (including phenoxy) is 2. The Morgan fingerprint density at radius 1 is 1.32 bits per heavy atom. The zero-order valence-corrected chi connectivity index (χ0v) is 11.4. The van der Waals surface area contributed by atoms with Crippen LogP contribution in [-0.4, -0.2) is 30.6 Å². The quantitative estimate of drug-likeness (QED) is 0.465. The lowest BCUT2D eigenvalue weighted by Crippen LogP contribution is -2.08. The summed E-state index contributed by atoms with van der Waals surface area (Å²) in [6.45, 7) is 3.39. The fourth-order valence-corrected chi connectivity index (χ4v) is 1.58. The first kappa shape index (κ1) is 15.2. The lowest BCUT2D eigenvalue weighted by atomic mass is 10.0. The molecule has 0 saturated carbocycles. The molecular weight excluding hydrogens is 248 g/mol. The number of carbonyl (C=O) groups excluding carboxylic acids is 2. The summed E-state index contributed by atoms with van der Waals surface area (Å²) in [6, 6.07) is 3.04. The lowest BCUT2D eigenvalue weighted by Gasteiger charge is -2.12. The van der Waals surface area contributed by atoms with Gasteiger partial charge in [-0.2, -0.15) is 0 Å². The molecule has 0 saturated heterocycles. The average molecular weight is 266 g/mol. The fraction of sp³-hybridized carbons (Fsp3) is 0.429. The van der Waals surface area contributed by atoms with E-state index in [2.05, 4.69) is 0 Å². The number of phenols is 1. The number of methoxy groups -OCH3 is 1. The molecule has 0 bridgehead atoms. The van der Waals surface area contributed by atoms with Crippen LogP contribution in [0.25, 0.3) is 0 Å². The average Bonchev–Trinajstić information content (AvgIpc) is 2.40. The summed E-state index contributed by atoms with van der Waals surface area (Å²) in [5.41, 5.74) is 0.593. The van der Waals surface area contributed by atoms with Gasteiger partial charge in [0.25, 0.3) is 0 Å². The minimum Gasteiger partial charge on any atom is -0.507 e. The second-order valence-electron chi connectivity index (χ2n) is 4.13. The number of Topliss-reactive ketones (excluding diaryl/α,β-unsaturated/α-hetero) is 2. The van der Waals surface area contributed by atoms with Gasteiger partial charge < -0.3 is 14.6 Å². The Morgan fingerprint density at radius 3 is 2.58 bits per heavy atom. The van der Waals surface area contributed by atoms with Crippen molar-refractivity contribution in [3.05, 3.63) is 23.3 Å². The number of aromatic hydroxyl groups is 1. The molecule has 19 heavy (non-hydrogen) atoms. The van der Waals surface area contributed by atoms with Crippen molar-refractivity contribution in [2.24, 2.45) is 0 Å². The Bertz CT molecular complexity index is 479. The molecule has 5 nitrogen and oxygen atoms in total. The first-order valence-electron chi connectivity index (χ1n) is 6.00. The summed E-state index contributed by atoms with van der Waals surface area (Å²) < 4.78 is 10.0. The third-order valence-corrected chi connectivity index (χ3v) is 2.77. The van der Waals surface area contributed by atoms with Crippen LogP contribution >= 0.6 is 0 Å². The van der Waals surface area contributed by atoms with Gasteiger partial charge in [-0.25, -0.2) is 0 Å². The standard InChI is InChI=1S/C14H18O5/c1-4-10(15)7-12(16)11-5-6-13(19-8-18-3)9(2)14(11)17/h5-6,17H,4,7-8H2,1-3H3. The van der Waals surface area contributed by atoms with Gasteiger partial charge in [-0.05, 0) is 19.1 Å². The Labute approximate surface area is 112 Å². The van der Waals surface area contributed by atoms with E-state index in [1.165, 1.54) is 13.2 Å². The Kier molecular flexibility index (Phi) is 5.51. The van der Waals surface area contributed by atoms with Crippen molar-refractivity contribution < 1.29 is 24.2 Å². The second-order valence-corrected chi connectivity index (χ2v) is 4.13. The summed E-state index contributed by atoms with van der Waals surface area (Å²) in [5.74, 6) is -0.243. The lowest BCUT2D eigenvalue weighted by molar-refractivity contribution is -0.117. The third-order valence-electron chi connectivity index (χ3n) is 2.77. The van der Waals surface area contributed by atoms with E-state index >= 15 is 0 Å². The van der Waals surface area contributed by atoms with Gasteiger partial charge in [-0.1, -0.05) is 6.92 Å². The first-order valence-corrected chi connectivity index (χ1v) is 6.00. The molecule has 0 fully saturated rings. The smallest absolute Gasteiger partial charge is 0.188 e. The van der Waals surface area contributed by atoms with E-state index in [0.29, 0.717) is 17.7 Å². The van der Waals surface area contributed by atoms with E-state index < -0.39 is 0 Å². The summed E-state index contributed by atoms with van der Waals surface area (Å²) in [5, 5.41) is 9.98. The van der Waals surface area contributed by atoms with E-state index in [1.54, 1.807) is 19.9 Å². The summed E-state index contributed by atoms with van der Waals surface area (Å²) >= 11 is 0. The summed E-state index contributed by atoms with van der Waals surface area (Å²) in [4.78, 5) is 23.1. The minimum absolute atomic E-state index is 0.0574. The van der Waals surface area contributed by atoms with Crippen molar-refractivity contribution in [3.63, 3.8) is 0 Å². The van der Waals surface area contributed by atoms with E-state index in [4.69, 9.17) is 9.47 Å². The maximum Gasteiger partial charge on any atom is 0.188 e. The highest BCUT2D eigenvalue weighted by Crippen LogP contribution is 2.31. The van der Waals surface area contributed by atoms with E-state index in [-0.39, 0.29) is 36.1 Å². The highest BCUT2D eigenvalue weighted by Gasteiger charge is 2.17. The minimum atomic E-state index is -0.384. The van der Waals surface area contributed by atoms with Gasteiger partial charge in [0.05, 0.1) is 12.0 Å². The number of rotatable bonds is 7. The van der Waals surface area contributed by atoms with Crippen LogP contribution in [-0.2, 0) is 9.53 Å². The second kappa shape index (κ2) is 6.89. The molecule has 0 aliphatic carbocycles. The number of hydrogen-bond acceptors (Lipinski definition) is 5. The number of phenolic OH excluding ortho intramolecular Hbond substituents is 1. The van der Waals surface area contributed by atoms with Crippen LogP contribution in [0.1, 0.15) is 35.7 Å². The molecule has 104 valence electrons. The molecule has 0 radical (unpaired) electrons. The monoisotopic (exact) mass is 266 g/mol. The topological polar surface area (TPSA) is 72.8 Å². The number of hydrogen-bond donors (Lipinski definition) is 1. The van der Waals surface area contributed by atoms with Crippen LogP contribution in [0.5, 0.6) is 11.5 Å². The van der Waals surface area contributed by atoms with Crippen LogP contribution in [0.4, 0.5) is 0 Å². The van der Waals surface area contributed by atoms with Crippen molar-refractivity contribution in [1.82, 2.24) is 0 Å². The highest BCUT2D eigenvalue weighted by molar-refractivity contribution is 6.09. The molecule has 0 unspecified atom stereocenters. The van der Waals surface area contributed by atoms with Crippen molar-refractivity contribution in [3.8, 4) is 11.5 Å². The molecule has 1 N–H and O–H groups in total. The van der Waals surface area contributed by atoms with E-state index in [9.17, 15) is 14.7 Å². The van der Waals surface area contributed by atoms with Crippen molar-refractivity contribution >= 4 is 11.6 Å². The molecular formula is C14H18O5. The molecule has 0 amide bonds. The molecule has 0 aromatic heterocycles. The predicted octanol–water partition coefficient (Wildman–Crippen LogP) is 2.24. The zero-order valence-electron chi connectivity index (χ0n) is 11.4. The molecule has 5 heteroatoms. The first-order chi connectivity index (χ1) is 9.01. The van der Waals surface area contributed by atoms with Crippen molar-refractivity contribution in [2.45, 2.75) is 26.7 Å². The van der Waals surface area contributed by atoms with Gasteiger partial charge in [-0.3, -0.25) is 9.59 Å². The molecule has 1 aromatic carbocycles. The Morgan fingerprint density at radius 2 is 2.00 bits per heavy atom. The Hall–Kier alpha value is -1.88. The van der Waals surface area contributed by atoms with Crippen LogP contribution in [0.2, 0.25) is 0 Å². The molecule has 1 aromatic rings. The van der Waals surface area contributed by atoms with Crippen LogP contribution in [0.15, 0.2) is 12.1 Å². The van der Waals surface area contributed by atoms with Gasteiger partial charge in [0, 0.05) is 19.1 Å². The fourth-order valence-electron chi connectivity index (χ4n) is 1.58. The molecule has 0 aliphatic heterocycles. The Balaban J connectivity index is 2.95. The SMILES string of the molecule is CCC(=O)CC(=O)c1ccc(OCOC)c(C)c1O. The van der Waals surface area contributed by atoms with Gasteiger partial charge in [0.2, 0.25) is 0 Å². The van der Waals surface area contributed by atoms with Crippen LogP contribution in [0, 0.1) is 6.92 Å². The van der Waals surface area contributed by atoms with Gasteiger partial charge in [-0.15, -0.1) is 0 Å². The van der Waals surface area contributed by atoms with E-state index in [1.807, 2.05) is 0 Å². The largest absolute Gasteiger partial charge is 0.507 e. The molecule has 0 heterocycles. The maximum absolute atomic E-state index is 11.9. The van der Waals surface area contributed by atoms with Crippen molar-refractivity contribution in [1.29, 1.82) is 0 Å². The molecule has 0 spiro atoms. The maximum atomic E-state index is 11.9. The normalized spacial score (nSPS) is 10.3. The van der Waals surface area contributed by atoms with Gasteiger partial charge in [0.1, 0.15) is 17.3 Å². The van der Waals surface area contributed by atoms with Crippen molar-refractivity contribution in [2.75, 3.05) is 13.9 Å². The van der Waals surface area contributed by atoms with Crippen LogP contribution < -0.4 is 4.74 Å². The van der Waals surface area contributed by atoms with E-state index in [0.717, 1.165) is 0 Å². The van der Waals surface area contributed by atoms with Gasteiger partial charge in [0.15, 0.2) is 12.6 Å². The number of ketones is 2. The van der Waals surface area contributed by atoms with Gasteiger partial charge >= 0.3 is 0 Å². The zero-order chi connectivity index (χ0) is 14.4. The number of carbonyl (C=O) groups is 2. The third kappa shape index (κ3) is 3.79. The summed E-state index contributed by atoms with van der Waals surface area (Å²) in [7, 11) is 1.49. The highest BCUT2D eigenvalue weighted by atomic mass is 16.7. The number of benzene rings is 1.